The molecule has 1 aliphatic rings. The van der Waals surface area contributed by atoms with Gasteiger partial charge in [0.2, 0.25) is 5.91 Å². The largest absolute Gasteiger partial charge is 0.462 e. The lowest BCUT2D eigenvalue weighted by molar-refractivity contribution is -0.173. The molecule has 142 valence electrons. The minimum Gasteiger partial charge on any atom is -0.462 e. The molecule has 4 atom stereocenters. The van der Waals surface area contributed by atoms with E-state index in [2.05, 4.69) is 19.1 Å². The Morgan fingerprint density at radius 1 is 1.07 bits per heavy atom. The molecule has 0 radical (unpaired) electrons. The molecule has 0 N–H and O–H groups in total. The highest BCUT2D eigenvalue weighted by Gasteiger charge is 2.52. The number of hydrogen-bond donors (Lipinski definition) is 0. The molecule has 1 fully saturated rings. The predicted molar refractivity (Wildman–Crippen MR) is 107 cm³/mol. The Morgan fingerprint density at radius 3 is 2.26 bits per heavy atom. The normalized spacial score (nSPS) is 21.3. The Hall–Kier alpha value is -2.27. The summed E-state index contributed by atoms with van der Waals surface area (Å²) in [6.07, 6.45) is -0.421. The Kier molecular flexibility index (Phi) is 6.22. The number of esters is 1. The first-order valence-corrected chi connectivity index (χ1v) is 10.2. The number of β-lactam (4-membered cyclic amide) rings is 1. The van der Waals surface area contributed by atoms with Gasteiger partial charge in [-0.3, -0.25) is 9.59 Å². The molecular weight excluding hydrogens is 358 g/mol. The zero-order valence-electron chi connectivity index (χ0n) is 15.9. The first kappa shape index (κ1) is 19.5. The molecule has 1 saturated heterocycles. The second-order valence-corrected chi connectivity index (χ2v) is 7.96. The van der Waals surface area contributed by atoms with Crippen LogP contribution in [0.3, 0.4) is 0 Å². The molecule has 5 heteroatoms. The molecule has 0 aliphatic carbocycles. The summed E-state index contributed by atoms with van der Waals surface area (Å²) in [4.78, 5) is 27.4. The number of nitrogens with zero attached hydrogens (tertiary/aromatic N) is 1. The molecule has 0 saturated carbocycles. The van der Waals surface area contributed by atoms with Crippen molar-refractivity contribution in [1.29, 1.82) is 0 Å². The fraction of sp³-hybridized carbons (Fsp3) is 0.364. The van der Waals surface area contributed by atoms with Crippen LogP contribution in [0.2, 0.25) is 0 Å². The lowest BCUT2D eigenvalue weighted by atomic mass is 9.82. The van der Waals surface area contributed by atoms with E-state index in [1.165, 1.54) is 11.8 Å². The van der Waals surface area contributed by atoms with E-state index in [-0.39, 0.29) is 29.9 Å². The monoisotopic (exact) mass is 383 g/mol. The molecule has 1 heterocycles. The van der Waals surface area contributed by atoms with Crippen LogP contribution in [0.25, 0.3) is 0 Å². The quantitative estimate of drug-likeness (QED) is 0.406. The van der Waals surface area contributed by atoms with Gasteiger partial charge in [-0.2, -0.15) is 0 Å². The van der Waals surface area contributed by atoms with Gasteiger partial charge < -0.3 is 9.64 Å². The Balaban J connectivity index is 1.78. The lowest BCUT2D eigenvalue weighted by Crippen LogP contribution is -2.66. The summed E-state index contributed by atoms with van der Waals surface area (Å²) < 4.78 is 5.34. The Bertz CT molecular complexity index is 781. The van der Waals surface area contributed by atoms with E-state index in [0.29, 0.717) is 0 Å². The van der Waals surface area contributed by atoms with Gasteiger partial charge in [-0.05, 0) is 31.5 Å². The van der Waals surface area contributed by atoms with Crippen LogP contribution in [-0.4, -0.2) is 34.7 Å². The predicted octanol–water partition coefficient (Wildman–Crippen LogP) is 4.32. The smallest absolute Gasteiger partial charge is 0.302 e. The van der Waals surface area contributed by atoms with Crippen molar-refractivity contribution >= 4 is 23.6 Å². The van der Waals surface area contributed by atoms with Crippen molar-refractivity contribution in [3.8, 4) is 0 Å². The van der Waals surface area contributed by atoms with Crippen LogP contribution >= 0.6 is 11.8 Å². The van der Waals surface area contributed by atoms with Crippen molar-refractivity contribution in [3.63, 3.8) is 0 Å². The number of likely N-dealkylation sites (tertiary alicyclic amines) is 1. The third-order valence-corrected chi connectivity index (χ3v) is 6.15. The maximum atomic E-state index is 12.9. The van der Waals surface area contributed by atoms with Gasteiger partial charge in [0, 0.05) is 17.6 Å². The van der Waals surface area contributed by atoms with Crippen LogP contribution in [0.4, 0.5) is 0 Å². The Morgan fingerprint density at radius 2 is 1.67 bits per heavy atom. The second kappa shape index (κ2) is 8.61. The highest BCUT2D eigenvalue weighted by atomic mass is 32.2. The maximum Gasteiger partial charge on any atom is 0.302 e. The first-order valence-electron chi connectivity index (χ1n) is 9.21. The highest BCUT2D eigenvalue weighted by molar-refractivity contribution is 7.99. The van der Waals surface area contributed by atoms with Gasteiger partial charge in [0.25, 0.3) is 0 Å². The number of thioether (sulfide) groups is 1. The molecule has 1 aliphatic heterocycles. The summed E-state index contributed by atoms with van der Waals surface area (Å²) in [6.45, 7) is 5.26. The van der Waals surface area contributed by atoms with Crippen LogP contribution in [0.5, 0.6) is 0 Å². The standard InChI is InChI=1S/C22H25NO3S/c1-15(18-10-6-4-7-11-18)23-20(14-27-19-12-8-5-9-13-19)21(22(23)25)16(2)26-17(3)24/h4-13,15-16,20-21H,14H2,1-3H3/t15-,16-,20-,21-/m0/s1. The summed E-state index contributed by atoms with van der Waals surface area (Å²) in [5, 5.41) is 0. The van der Waals surface area contributed by atoms with Gasteiger partial charge in [-0.1, -0.05) is 48.5 Å². The number of carbonyl (C=O) groups excluding carboxylic acids is 2. The van der Waals surface area contributed by atoms with Crippen molar-refractivity contribution < 1.29 is 14.3 Å². The summed E-state index contributed by atoms with van der Waals surface area (Å²) in [7, 11) is 0. The molecular formula is C22H25NO3S. The molecule has 0 spiro atoms. The van der Waals surface area contributed by atoms with Crippen molar-refractivity contribution in [3.05, 3.63) is 66.2 Å². The van der Waals surface area contributed by atoms with E-state index in [9.17, 15) is 9.59 Å². The number of benzene rings is 2. The van der Waals surface area contributed by atoms with E-state index < -0.39 is 6.10 Å². The SMILES string of the molecule is CC(=O)O[C@@H](C)[C@@H]1C(=O)N([C@@H](C)c2ccccc2)[C@H]1CSc1ccccc1. The third kappa shape index (κ3) is 4.35. The molecule has 0 unspecified atom stereocenters. The summed E-state index contributed by atoms with van der Waals surface area (Å²) in [6, 6.07) is 20.2. The van der Waals surface area contributed by atoms with E-state index in [1.54, 1.807) is 11.8 Å². The molecule has 2 aromatic carbocycles. The molecule has 27 heavy (non-hydrogen) atoms. The molecule has 2 aromatic rings. The van der Waals surface area contributed by atoms with Gasteiger partial charge >= 0.3 is 5.97 Å². The van der Waals surface area contributed by atoms with Gasteiger partial charge in [-0.25, -0.2) is 0 Å². The minimum atomic E-state index is -0.421. The minimum absolute atomic E-state index is 0.0131. The lowest BCUT2D eigenvalue weighted by Gasteiger charge is -2.52. The van der Waals surface area contributed by atoms with Crippen molar-refractivity contribution in [2.75, 3.05) is 5.75 Å². The fourth-order valence-corrected chi connectivity index (χ4v) is 4.77. The molecule has 0 bridgehead atoms. The van der Waals surface area contributed by atoms with Crippen molar-refractivity contribution in [2.24, 2.45) is 5.92 Å². The zero-order chi connectivity index (χ0) is 19.4. The number of amides is 1. The molecule has 0 aromatic heterocycles. The van der Waals surface area contributed by atoms with E-state index in [1.807, 2.05) is 60.4 Å². The van der Waals surface area contributed by atoms with Gasteiger partial charge in [0.1, 0.15) is 6.10 Å². The molecule has 3 rings (SSSR count). The summed E-state index contributed by atoms with van der Waals surface area (Å²) >= 11 is 1.73. The first-order chi connectivity index (χ1) is 13.0. The highest BCUT2D eigenvalue weighted by Crippen LogP contribution is 2.40. The summed E-state index contributed by atoms with van der Waals surface area (Å²) in [5.74, 6) is 0.179. The van der Waals surface area contributed by atoms with E-state index in [4.69, 9.17) is 4.74 Å². The number of ether oxygens (including phenoxy) is 1. The van der Waals surface area contributed by atoms with Gasteiger partial charge in [-0.15, -0.1) is 11.8 Å². The number of carbonyl (C=O) groups is 2. The van der Waals surface area contributed by atoms with Gasteiger partial charge in [0.05, 0.1) is 18.0 Å². The van der Waals surface area contributed by atoms with E-state index in [0.717, 1.165) is 11.3 Å². The molecule has 1 amide bonds. The third-order valence-electron chi connectivity index (χ3n) is 5.03. The van der Waals surface area contributed by atoms with E-state index >= 15 is 0 Å². The average molecular weight is 384 g/mol. The van der Waals surface area contributed by atoms with Crippen LogP contribution in [0.15, 0.2) is 65.6 Å². The van der Waals surface area contributed by atoms with Crippen molar-refractivity contribution in [1.82, 2.24) is 4.90 Å². The second-order valence-electron chi connectivity index (χ2n) is 6.86. The zero-order valence-corrected chi connectivity index (χ0v) is 16.7. The Labute approximate surface area is 164 Å². The summed E-state index contributed by atoms with van der Waals surface area (Å²) in [5.41, 5.74) is 1.11. The topological polar surface area (TPSA) is 46.6 Å². The molecule has 4 nitrogen and oxygen atoms in total. The van der Waals surface area contributed by atoms with Crippen molar-refractivity contribution in [2.45, 2.75) is 43.9 Å². The fourth-order valence-electron chi connectivity index (χ4n) is 3.69. The van der Waals surface area contributed by atoms with Crippen LogP contribution in [0.1, 0.15) is 32.4 Å². The van der Waals surface area contributed by atoms with Crippen LogP contribution in [-0.2, 0) is 14.3 Å². The van der Waals surface area contributed by atoms with Crippen LogP contribution in [0, 0.1) is 5.92 Å². The van der Waals surface area contributed by atoms with Crippen LogP contribution < -0.4 is 0 Å². The number of rotatable bonds is 7. The number of hydrogen-bond acceptors (Lipinski definition) is 4. The average Bonchev–Trinajstić information content (AvgIpc) is 2.65. The maximum absolute atomic E-state index is 12.9. The van der Waals surface area contributed by atoms with Gasteiger partial charge in [0.15, 0.2) is 0 Å².